The summed E-state index contributed by atoms with van der Waals surface area (Å²) in [5, 5.41) is 7.42. The molecule has 0 saturated carbocycles. The van der Waals surface area contributed by atoms with Crippen LogP contribution in [0.1, 0.15) is 12.5 Å². The molecule has 0 spiro atoms. The van der Waals surface area contributed by atoms with Gasteiger partial charge in [0.15, 0.2) is 0 Å². The van der Waals surface area contributed by atoms with Gasteiger partial charge in [-0.2, -0.15) is 0 Å². The summed E-state index contributed by atoms with van der Waals surface area (Å²) in [5.74, 6) is 3.48. The molecule has 19 heavy (non-hydrogen) atoms. The van der Waals surface area contributed by atoms with Crippen LogP contribution < -0.4 is 0 Å². The molecule has 5 heteroatoms. The van der Waals surface area contributed by atoms with E-state index < -0.39 is 17.9 Å². The van der Waals surface area contributed by atoms with Gasteiger partial charge in [-0.05, 0) is 12.1 Å². The standard InChI is InChI=1S/C12H6O3.C2H4O2/c1-2-11(13)15-12(14)9-8-10-6-4-3-5-7-10;1-2(3)4/h1,3-7H;1H3,(H,3,4). The van der Waals surface area contributed by atoms with Crippen LogP contribution in [0.4, 0.5) is 0 Å². The number of rotatable bonds is 0. The van der Waals surface area contributed by atoms with Crippen LogP contribution in [0.5, 0.6) is 0 Å². The quantitative estimate of drug-likeness (QED) is 0.322. The summed E-state index contributed by atoms with van der Waals surface area (Å²) in [6.07, 6.45) is 4.70. The summed E-state index contributed by atoms with van der Waals surface area (Å²) in [4.78, 5) is 30.4. The first kappa shape index (κ1) is 16.0. The van der Waals surface area contributed by atoms with Crippen molar-refractivity contribution in [2.45, 2.75) is 6.92 Å². The van der Waals surface area contributed by atoms with Crippen molar-refractivity contribution in [1.82, 2.24) is 0 Å². The number of esters is 2. The molecule has 0 unspecified atom stereocenters. The van der Waals surface area contributed by atoms with Crippen molar-refractivity contribution in [2.24, 2.45) is 0 Å². The van der Waals surface area contributed by atoms with E-state index in [0.29, 0.717) is 5.56 Å². The van der Waals surface area contributed by atoms with Crippen molar-refractivity contribution in [3.63, 3.8) is 0 Å². The van der Waals surface area contributed by atoms with Gasteiger partial charge in [-0.25, -0.2) is 9.59 Å². The van der Waals surface area contributed by atoms with Crippen molar-refractivity contribution in [2.75, 3.05) is 0 Å². The number of aliphatic carboxylic acids is 1. The Kier molecular flexibility index (Phi) is 7.58. The molecule has 0 aliphatic carbocycles. The Morgan fingerprint density at radius 2 is 1.68 bits per heavy atom. The lowest BCUT2D eigenvalue weighted by atomic mass is 10.2. The van der Waals surface area contributed by atoms with Gasteiger partial charge in [0.2, 0.25) is 0 Å². The molecule has 0 atom stereocenters. The van der Waals surface area contributed by atoms with Crippen molar-refractivity contribution < 1.29 is 24.2 Å². The van der Waals surface area contributed by atoms with Crippen LogP contribution in [-0.2, 0) is 19.1 Å². The van der Waals surface area contributed by atoms with Crippen molar-refractivity contribution in [1.29, 1.82) is 0 Å². The fourth-order valence-electron chi connectivity index (χ4n) is 0.784. The van der Waals surface area contributed by atoms with Gasteiger partial charge in [-0.1, -0.05) is 24.1 Å². The molecule has 0 fully saturated rings. The molecular formula is C14H10O5. The van der Waals surface area contributed by atoms with Gasteiger partial charge >= 0.3 is 11.9 Å². The van der Waals surface area contributed by atoms with Crippen LogP contribution in [0, 0.1) is 24.2 Å². The van der Waals surface area contributed by atoms with Gasteiger partial charge in [0.25, 0.3) is 5.97 Å². The molecule has 1 N–H and O–H groups in total. The topological polar surface area (TPSA) is 80.7 Å². The van der Waals surface area contributed by atoms with Crippen LogP contribution in [0.2, 0.25) is 0 Å². The summed E-state index contributed by atoms with van der Waals surface area (Å²) in [6, 6.07) is 8.84. The number of terminal acetylenes is 1. The number of carboxylic acids is 1. The SMILES string of the molecule is C#CC(=O)OC(=O)C#Cc1ccccc1.CC(=O)O. The molecule has 0 saturated heterocycles. The number of ether oxygens (including phenoxy) is 1. The highest BCUT2D eigenvalue weighted by Crippen LogP contribution is 1.94. The molecule has 0 heterocycles. The zero-order chi connectivity index (χ0) is 14.7. The van der Waals surface area contributed by atoms with Gasteiger partial charge in [0.1, 0.15) is 0 Å². The summed E-state index contributed by atoms with van der Waals surface area (Å²) in [6.45, 7) is 1.08. The van der Waals surface area contributed by atoms with E-state index in [4.69, 9.17) is 16.3 Å². The third-order valence-corrected chi connectivity index (χ3v) is 1.39. The molecule has 1 rings (SSSR count). The number of benzene rings is 1. The number of carbonyl (C=O) groups excluding carboxylic acids is 2. The first-order valence-corrected chi connectivity index (χ1v) is 4.94. The lowest BCUT2D eigenvalue weighted by molar-refractivity contribution is -0.151. The second kappa shape index (κ2) is 9.03. The van der Waals surface area contributed by atoms with Crippen LogP contribution in [0.15, 0.2) is 30.3 Å². The largest absolute Gasteiger partial charge is 0.481 e. The first-order chi connectivity index (χ1) is 8.95. The highest BCUT2D eigenvalue weighted by Gasteiger charge is 2.02. The van der Waals surface area contributed by atoms with E-state index in [1.807, 2.05) is 6.07 Å². The van der Waals surface area contributed by atoms with Gasteiger partial charge in [-0.3, -0.25) is 4.79 Å². The lowest BCUT2D eigenvalue weighted by Crippen LogP contribution is -2.07. The highest BCUT2D eigenvalue weighted by molar-refractivity contribution is 6.02. The van der Waals surface area contributed by atoms with Crippen molar-refractivity contribution in [3.8, 4) is 24.2 Å². The minimum absolute atomic E-state index is 0.655. The van der Waals surface area contributed by atoms with E-state index in [0.717, 1.165) is 6.92 Å². The molecule has 5 nitrogen and oxygen atoms in total. The Labute approximate surface area is 110 Å². The average Bonchev–Trinajstić information content (AvgIpc) is 2.37. The summed E-state index contributed by atoms with van der Waals surface area (Å²) >= 11 is 0. The Bertz CT molecular complexity index is 551. The number of hydrogen-bond acceptors (Lipinski definition) is 4. The Balaban J connectivity index is 0.000000711. The Hall–Kier alpha value is -3.05. The number of hydrogen-bond donors (Lipinski definition) is 1. The maximum atomic E-state index is 10.9. The summed E-state index contributed by atoms with van der Waals surface area (Å²) in [7, 11) is 0. The van der Waals surface area contributed by atoms with Gasteiger partial charge in [0.05, 0.1) is 0 Å². The van der Waals surface area contributed by atoms with Gasteiger partial charge in [-0.15, -0.1) is 6.42 Å². The third kappa shape index (κ3) is 9.86. The molecular weight excluding hydrogens is 248 g/mol. The summed E-state index contributed by atoms with van der Waals surface area (Å²) < 4.78 is 4.13. The fraction of sp³-hybridized carbons (Fsp3) is 0.0714. The van der Waals surface area contributed by atoms with Crippen LogP contribution in [-0.4, -0.2) is 23.0 Å². The van der Waals surface area contributed by atoms with E-state index in [1.165, 1.54) is 0 Å². The first-order valence-electron chi connectivity index (χ1n) is 4.94. The predicted molar refractivity (Wildman–Crippen MR) is 66.6 cm³/mol. The highest BCUT2D eigenvalue weighted by atomic mass is 16.6. The molecule has 96 valence electrons. The van der Waals surface area contributed by atoms with E-state index in [1.54, 1.807) is 30.2 Å². The zero-order valence-electron chi connectivity index (χ0n) is 10.0. The van der Waals surface area contributed by atoms with Crippen LogP contribution in [0.25, 0.3) is 0 Å². The van der Waals surface area contributed by atoms with Crippen molar-refractivity contribution in [3.05, 3.63) is 35.9 Å². The second-order valence-electron chi connectivity index (χ2n) is 2.96. The monoisotopic (exact) mass is 258 g/mol. The molecule has 0 aliphatic rings. The fourth-order valence-corrected chi connectivity index (χ4v) is 0.784. The molecule has 0 amide bonds. The molecule has 0 aliphatic heterocycles. The molecule has 0 aromatic heterocycles. The molecule has 0 radical (unpaired) electrons. The zero-order valence-corrected chi connectivity index (χ0v) is 10.0. The Morgan fingerprint density at radius 1 is 1.16 bits per heavy atom. The second-order valence-corrected chi connectivity index (χ2v) is 2.96. The third-order valence-electron chi connectivity index (χ3n) is 1.39. The molecule has 1 aromatic carbocycles. The van der Waals surface area contributed by atoms with E-state index in [-0.39, 0.29) is 0 Å². The molecule has 0 bridgehead atoms. The van der Waals surface area contributed by atoms with Gasteiger partial charge in [0, 0.05) is 24.3 Å². The minimum atomic E-state index is -1.04. The maximum absolute atomic E-state index is 10.9. The van der Waals surface area contributed by atoms with Crippen LogP contribution in [0.3, 0.4) is 0 Å². The summed E-state index contributed by atoms with van der Waals surface area (Å²) in [5.41, 5.74) is 0.655. The van der Waals surface area contributed by atoms with Crippen LogP contribution >= 0.6 is 0 Å². The number of carbonyl (C=O) groups is 3. The predicted octanol–water partition coefficient (Wildman–Crippen LogP) is 0.832. The Morgan fingerprint density at radius 3 is 2.16 bits per heavy atom. The van der Waals surface area contributed by atoms with Crippen molar-refractivity contribution >= 4 is 17.9 Å². The number of carboxylic acid groups (broad SMARTS) is 1. The minimum Gasteiger partial charge on any atom is -0.481 e. The van der Waals surface area contributed by atoms with E-state index in [9.17, 15) is 9.59 Å². The van der Waals surface area contributed by atoms with E-state index in [2.05, 4.69) is 16.6 Å². The smallest absolute Gasteiger partial charge is 0.393 e. The lowest BCUT2D eigenvalue weighted by Gasteiger charge is -1.89. The van der Waals surface area contributed by atoms with Gasteiger partial charge < -0.3 is 9.84 Å². The average molecular weight is 258 g/mol. The normalized spacial score (nSPS) is 7.58. The molecule has 1 aromatic rings. The van der Waals surface area contributed by atoms with E-state index >= 15 is 0 Å². The maximum Gasteiger partial charge on any atom is 0.393 e.